The third-order valence-electron chi connectivity index (χ3n) is 4.56. The van der Waals surface area contributed by atoms with E-state index in [1.807, 2.05) is 54.9 Å². The summed E-state index contributed by atoms with van der Waals surface area (Å²) in [6.45, 7) is 1.86. The van der Waals surface area contributed by atoms with Gasteiger partial charge in [-0.15, -0.1) is 0 Å². The Morgan fingerprint density at radius 3 is 2.50 bits per heavy atom. The van der Waals surface area contributed by atoms with Crippen LogP contribution in [0.3, 0.4) is 0 Å². The number of nitrogens with zero attached hydrogens (tertiary/aromatic N) is 5. The van der Waals surface area contributed by atoms with Gasteiger partial charge in [0.05, 0.1) is 28.0 Å². The molecule has 0 spiro atoms. The van der Waals surface area contributed by atoms with Crippen LogP contribution < -0.4 is 0 Å². The maximum Gasteiger partial charge on any atom is 0.151 e. The zero-order valence-electron chi connectivity index (χ0n) is 15.2. The molecule has 0 amide bonds. The van der Waals surface area contributed by atoms with Crippen molar-refractivity contribution in [2.75, 3.05) is 0 Å². The van der Waals surface area contributed by atoms with Gasteiger partial charge in [-0.25, -0.2) is 9.67 Å². The molecule has 0 saturated carbocycles. The summed E-state index contributed by atoms with van der Waals surface area (Å²) in [5.41, 5.74) is 4.39. The second-order valence-electron chi connectivity index (χ2n) is 6.33. The molecule has 0 saturated heterocycles. The quantitative estimate of drug-likeness (QED) is 0.424. The molecule has 2 heterocycles. The lowest BCUT2D eigenvalue weighted by Crippen LogP contribution is -1.97. The zero-order valence-corrected chi connectivity index (χ0v) is 16.7. The molecule has 0 atom stereocenters. The van der Waals surface area contributed by atoms with Crippen LogP contribution in [0, 0.1) is 18.3 Å². The summed E-state index contributed by atoms with van der Waals surface area (Å²) in [4.78, 5) is 4.60. The van der Waals surface area contributed by atoms with Crippen molar-refractivity contribution >= 4 is 45.9 Å². The van der Waals surface area contributed by atoms with E-state index in [2.05, 4.69) is 16.2 Å². The molecule has 2 aromatic heterocycles. The first-order chi connectivity index (χ1) is 13.5. The van der Waals surface area contributed by atoms with E-state index in [-0.39, 0.29) is 0 Å². The van der Waals surface area contributed by atoms with Gasteiger partial charge in [-0.3, -0.25) is 0 Å². The van der Waals surface area contributed by atoms with Gasteiger partial charge in [-0.1, -0.05) is 35.3 Å². The predicted octanol–water partition coefficient (Wildman–Crippen LogP) is 5.44. The second-order valence-corrected chi connectivity index (χ2v) is 7.13. The Balaban J connectivity index is 1.84. The van der Waals surface area contributed by atoms with Crippen molar-refractivity contribution in [2.24, 2.45) is 7.05 Å². The van der Waals surface area contributed by atoms with E-state index < -0.39 is 0 Å². The van der Waals surface area contributed by atoms with Crippen LogP contribution in [0.1, 0.15) is 17.1 Å². The lowest BCUT2D eigenvalue weighted by molar-refractivity contribution is 0.863. The summed E-state index contributed by atoms with van der Waals surface area (Å²) < 4.78 is 3.53. The van der Waals surface area contributed by atoms with E-state index in [1.165, 1.54) is 0 Å². The van der Waals surface area contributed by atoms with Crippen molar-refractivity contribution < 1.29 is 0 Å². The highest BCUT2D eigenvalue weighted by Gasteiger charge is 2.17. The molecule has 7 heteroatoms. The van der Waals surface area contributed by atoms with Crippen LogP contribution in [0.15, 0.2) is 48.5 Å². The molecule has 4 aromatic rings. The number of benzene rings is 2. The fraction of sp³-hybridized carbons (Fsp3) is 0.0952. The number of para-hydroxylation sites is 2. The SMILES string of the molecule is Cc1nn(-c2ccc(Cl)cc2)c(Cl)c1C=C(C#N)c1nc2ccccc2n1C. The molecule has 4 rings (SSSR count). The summed E-state index contributed by atoms with van der Waals surface area (Å²) in [7, 11) is 1.89. The van der Waals surface area contributed by atoms with Gasteiger partial charge in [0.25, 0.3) is 0 Å². The number of nitriles is 1. The Kier molecular flexibility index (Phi) is 4.68. The van der Waals surface area contributed by atoms with E-state index in [0.29, 0.717) is 32.8 Å². The third kappa shape index (κ3) is 3.07. The standard InChI is InChI=1S/C21H15Cl2N5/c1-13-17(20(23)28(26-13)16-9-7-15(22)8-10-16)11-14(12-24)21-25-18-5-3-4-6-19(18)27(21)2/h3-11H,1-2H3. The highest BCUT2D eigenvalue weighted by atomic mass is 35.5. The molecule has 5 nitrogen and oxygen atoms in total. The van der Waals surface area contributed by atoms with Crippen LogP contribution >= 0.6 is 23.2 Å². The molecule has 0 N–H and O–H groups in total. The van der Waals surface area contributed by atoms with Crippen LogP contribution in [0.5, 0.6) is 0 Å². The Hall–Kier alpha value is -3.07. The first-order valence-corrected chi connectivity index (χ1v) is 9.30. The average Bonchev–Trinajstić information content (AvgIpc) is 3.18. The predicted molar refractivity (Wildman–Crippen MR) is 113 cm³/mol. The van der Waals surface area contributed by atoms with E-state index >= 15 is 0 Å². The summed E-state index contributed by atoms with van der Waals surface area (Å²) in [6, 6.07) is 17.2. The minimum Gasteiger partial charge on any atom is -0.327 e. The number of halogens is 2. The Bertz CT molecular complexity index is 1260. The number of fused-ring (bicyclic) bond motifs is 1. The fourth-order valence-electron chi connectivity index (χ4n) is 3.11. The number of hydrogen-bond acceptors (Lipinski definition) is 3. The van der Waals surface area contributed by atoms with Crippen molar-refractivity contribution in [3.63, 3.8) is 0 Å². The molecule has 0 aliphatic carbocycles. The highest BCUT2D eigenvalue weighted by Crippen LogP contribution is 2.29. The van der Waals surface area contributed by atoms with Gasteiger partial charge in [-0.05, 0) is 49.4 Å². The molecule has 0 aliphatic rings. The van der Waals surface area contributed by atoms with Crippen LogP contribution in [0.25, 0.3) is 28.4 Å². The topological polar surface area (TPSA) is 59.4 Å². The molecule has 0 aliphatic heterocycles. The van der Waals surface area contributed by atoms with Crippen molar-refractivity contribution in [1.82, 2.24) is 19.3 Å². The molecular weight excluding hydrogens is 393 g/mol. The van der Waals surface area contributed by atoms with Crippen molar-refractivity contribution in [3.05, 3.63) is 75.8 Å². The molecule has 0 radical (unpaired) electrons. The van der Waals surface area contributed by atoms with E-state index in [0.717, 1.165) is 16.7 Å². The zero-order chi connectivity index (χ0) is 19.8. The Morgan fingerprint density at radius 2 is 1.82 bits per heavy atom. The van der Waals surface area contributed by atoms with Gasteiger partial charge in [-0.2, -0.15) is 10.4 Å². The summed E-state index contributed by atoms with van der Waals surface area (Å²) in [6.07, 6.45) is 1.73. The average molecular weight is 408 g/mol. The minimum atomic E-state index is 0.416. The van der Waals surface area contributed by atoms with Crippen LogP contribution in [0.4, 0.5) is 0 Å². The molecule has 0 unspecified atom stereocenters. The van der Waals surface area contributed by atoms with Crippen LogP contribution in [-0.4, -0.2) is 19.3 Å². The molecular formula is C21H15Cl2N5. The maximum atomic E-state index is 9.77. The van der Waals surface area contributed by atoms with Crippen molar-refractivity contribution in [3.8, 4) is 11.8 Å². The number of aryl methyl sites for hydroxylation is 2. The van der Waals surface area contributed by atoms with Gasteiger partial charge >= 0.3 is 0 Å². The monoisotopic (exact) mass is 407 g/mol. The highest BCUT2D eigenvalue weighted by molar-refractivity contribution is 6.32. The largest absolute Gasteiger partial charge is 0.327 e. The van der Waals surface area contributed by atoms with Crippen molar-refractivity contribution in [1.29, 1.82) is 5.26 Å². The number of allylic oxidation sites excluding steroid dienone is 1. The number of rotatable bonds is 3. The second kappa shape index (κ2) is 7.16. The van der Waals surface area contributed by atoms with Crippen LogP contribution in [-0.2, 0) is 7.05 Å². The number of aromatic nitrogens is 4. The van der Waals surface area contributed by atoms with Crippen LogP contribution in [0.2, 0.25) is 10.2 Å². The molecule has 2 aromatic carbocycles. The summed E-state index contributed by atoms with van der Waals surface area (Å²) in [5, 5.41) is 15.3. The normalized spacial score (nSPS) is 11.8. The molecule has 28 heavy (non-hydrogen) atoms. The molecule has 138 valence electrons. The molecule has 0 fully saturated rings. The summed E-state index contributed by atoms with van der Waals surface area (Å²) >= 11 is 12.6. The maximum absolute atomic E-state index is 9.77. The van der Waals surface area contributed by atoms with Gasteiger partial charge in [0.2, 0.25) is 0 Å². The lowest BCUT2D eigenvalue weighted by Gasteiger charge is -2.03. The Morgan fingerprint density at radius 1 is 1.11 bits per heavy atom. The minimum absolute atomic E-state index is 0.416. The fourth-order valence-corrected chi connectivity index (χ4v) is 3.56. The van der Waals surface area contributed by atoms with Gasteiger partial charge < -0.3 is 4.57 Å². The van der Waals surface area contributed by atoms with E-state index in [9.17, 15) is 5.26 Å². The third-order valence-corrected chi connectivity index (χ3v) is 5.17. The number of imidazole rings is 1. The Labute approximate surface area is 172 Å². The van der Waals surface area contributed by atoms with Crippen molar-refractivity contribution in [2.45, 2.75) is 6.92 Å². The summed E-state index contributed by atoms with van der Waals surface area (Å²) in [5.74, 6) is 0.582. The smallest absolute Gasteiger partial charge is 0.151 e. The van der Waals surface area contributed by atoms with Gasteiger partial charge in [0, 0.05) is 17.6 Å². The van der Waals surface area contributed by atoms with E-state index in [4.69, 9.17) is 23.2 Å². The van der Waals surface area contributed by atoms with Gasteiger partial charge in [0.15, 0.2) is 5.82 Å². The first kappa shape index (κ1) is 18.3. The van der Waals surface area contributed by atoms with Gasteiger partial charge in [0.1, 0.15) is 11.2 Å². The lowest BCUT2D eigenvalue weighted by atomic mass is 10.1. The number of hydrogen-bond donors (Lipinski definition) is 0. The first-order valence-electron chi connectivity index (χ1n) is 8.54. The molecule has 0 bridgehead atoms. The van der Waals surface area contributed by atoms with E-state index in [1.54, 1.807) is 22.9 Å².